The lowest BCUT2D eigenvalue weighted by molar-refractivity contribution is -0.143. The molecule has 0 radical (unpaired) electrons. The van der Waals surface area contributed by atoms with E-state index in [4.69, 9.17) is 19.3 Å². The maximum Gasteiger partial charge on any atom is 0.311 e. The van der Waals surface area contributed by atoms with Crippen LogP contribution in [-0.4, -0.2) is 49.3 Å². The van der Waals surface area contributed by atoms with E-state index in [0.29, 0.717) is 29.6 Å². The number of carbonyl (C=O) groups excluding carboxylic acids is 1. The summed E-state index contributed by atoms with van der Waals surface area (Å²) in [4.78, 5) is 25.9. The van der Waals surface area contributed by atoms with Gasteiger partial charge in [-0.2, -0.15) is 0 Å². The number of hydrogen-bond donors (Lipinski definition) is 1. The summed E-state index contributed by atoms with van der Waals surface area (Å²) >= 11 is 0. The fourth-order valence-corrected chi connectivity index (χ4v) is 4.98. The lowest BCUT2D eigenvalue weighted by Gasteiger charge is -2.32. The Morgan fingerprint density at radius 3 is 2.34 bits per heavy atom. The molecule has 1 aliphatic heterocycles. The summed E-state index contributed by atoms with van der Waals surface area (Å²) in [6, 6.07) is 14.3. The molecule has 2 aromatic rings. The van der Waals surface area contributed by atoms with Crippen LogP contribution in [0.4, 0.5) is 0 Å². The smallest absolute Gasteiger partial charge is 0.311 e. The minimum absolute atomic E-state index is 0.160. The number of benzene rings is 2. The highest BCUT2D eigenvalue weighted by Crippen LogP contribution is 2.43. The first-order valence-electron chi connectivity index (χ1n) is 12.1. The second-order valence-corrected chi connectivity index (χ2v) is 9.25. The zero-order valence-corrected chi connectivity index (χ0v) is 20.4. The Labute approximate surface area is 206 Å². The number of hydrogen-bond acceptors (Lipinski definition) is 6. The van der Waals surface area contributed by atoms with Crippen LogP contribution < -0.4 is 9.47 Å². The van der Waals surface area contributed by atoms with Gasteiger partial charge in [0.15, 0.2) is 11.5 Å². The number of rotatable bonds is 10. The molecule has 35 heavy (non-hydrogen) atoms. The maximum atomic E-state index is 12.5. The molecule has 0 atom stereocenters. The van der Waals surface area contributed by atoms with Gasteiger partial charge in [-0.25, -0.2) is 0 Å². The molecule has 0 bridgehead atoms. The molecule has 4 rings (SSSR count). The van der Waals surface area contributed by atoms with Crippen molar-refractivity contribution in [3.8, 4) is 11.5 Å². The van der Waals surface area contributed by atoms with Crippen molar-refractivity contribution in [2.75, 3.05) is 27.3 Å². The lowest BCUT2D eigenvalue weighted by Crippen LogP contribution is -2.33. The first-order valence-corrected chi connectivity index (χ1v) is 12.1. The van der Waals surface area contributed by atoms with Crippen LogP contribution in [0.1, 0.15) is 48.8 Å². The van der Waals surface area contributed by atoms with Gasteiger partial charge in [-0.15, -0.1) is 0 Å². The topological polar surface area (TPSA) is 85.3 Å². The van der Waals surface area contributed by atoms with Gasteiger partial charge in [-0.05, 0) is 73.5 Å². The Hall–Kier alpha value is -3.32. The molecule has 0 amide bonds. The van der Waals surface area contributed by atoms with E-state index < -0.39 is 11.9 Å². The van der Waals surface area contributed by atoms with Gasteiger partial charge in [-0.3, -0.25) is 14.5 Å². The third-order valence-corrected chi connectivity index (χ3v) is 6.83. The number of carboxylic acid groups (broad SMARTS) is 1. The molecule has 2 aliphatic rings. The number of aliphatic carboxylic acids is 1. The number of fused-ring (bicyclic) bond motifs is 1. The van der Waals surface area contributed by atoms with Crippen LogP contribution in [-0.2, 0) is 27.3 Å². The number of methoxy groups -OCH3 is 2. The minimum Gasteiger partial charge on any atom is -0.493 e. The summed E-state index contributed by atoms with van der Waals surface area (Å²) in [6.07, 6.45) is 3.29. The lowest BCUT2D eigenvalue weighted by atomic mass is 9.89. The number of carboxylic acids is 1. The van der Waals surface area contributed by atoms with Gasteiger partial charge in [0.05, 0.1) is 27.1 Å². The first-order chi connectivity index (χ1) is 17.0. The summed E-state index contributed by atoms with van der Waals surface area (Å²) in [6.45, 7) is 3.04. The molecule has 1 aliphatic carbocycles. The number of carbonyl (C=O) groups is 2. The summed E-state index contributed by atoms with van der Waals surface area (Å²) in [5.74, 6) is 0.724. The first kappa shape index (κ1) is 24.8. The monoisotopic (exact) mass is 479 g/mol. The fraction of sp³-hybridized carbons (Fsp3) is 0.429. The number of allylic oxidation sites excluding steroid dienone is 1. The standard InChI is InChI=1S/C28H33NO6/c1-33-24-16-21-15-22(14-19-10-12-29(13-11-19)18-20-6-4-3-5-7-20)28(23(21)17-25(24)34-2)35-27(32)9-8-26(30)31/h3-7,16-17,19H,8-15,18H2,1-2H3,(H,30,31). The van der Waals surface area contributed by atoms with Gasteiger partial charge >= 0.3 is 11.9 Å². The molecular weight excluding hydrogens is 446 g/mol. The molecule has 0 spiro atoms. The van der Waals surface area contributed by atoms with Crippen LogP contribution in [0.15, 0.2) is 48.0 Å². The molecule has 0 saturated carbocycles. The van der Waals surface area contributed by atoms with E-state index in [1.54, 1.807) is 14.2 Å². The average Bonchev–Trinajstić information content (AvgIpc) is 3.19. The summed E-state index contributed by atoms with van der Waals surface area (Å²) in [5.41, 5.74) is 4.27. The predicted molar refractivity (Wildman–Crippen MR) is 132 cm³/mol. The largest absolute Gasteiger partial charge is 0.493 e. The summed E-state index contributed by atoms with van der Waals surface area (Å²) in [7, 11) is 3.18. The van der Waals surface area contributed by atoms with Crippen molar-refractivity contribution in [1.82, 2.24) is 4.90 Å². The minimum atomic E-state index is -1.02. The summed E-state index contributed by atoms with van der Waals surface area (Å²) in [5, 5.41) is 8.94. The average molecular weight is 480 g/mol. The Morgan fingerprint density at radius 1 is 1.00 bits per heavy atom. The molecule has 2 aromatic carbocycles. The highest BCUT2D eigenvalue weighted by Gasteiger charge is 2.30. The van der Waals surface area contributed by atoms with Crippen molar-refractivity contribution in [2.45, 2.75) is 45.1 Å². The van der Waals surface area contributed by atoms with Crippen LogP contribution in [0.2, 0.25) is 0 Å². The molecule has 1 fully saturated rings. The van der Waals surface area contributed by atoms with Crippen molar-refractivity contribution in [3.63, 3.8) is 0 Å². The molecular formula is C28H33NO6. The Balaban J connectivity index is 1.47. The molecule has 7 nitrogen and oxygen atoms in total. The molecule has 1 heterocycles. The van der Waals surface area contributed by atoms with Crippen LogP contribution >= 0.6 is 0 Å². The Kier molecular flexibility index (Phi) is 8.08. The Morgan fingerprint density at radius 2 is 1.69 bits per heavy atom. The Bertz CT molecular complexity index is 1090. The van der Waals surface area contributed by atoms with E-state index in [-0.39, 0.29) is 12.8 Å². The number of nitrogens with zero attached hydrogens (tertiary/aromatic N) is 1. The van der Waals surface area contributed by atoms with Crippen molar-refractivity contribution in [2.24, 2.45) is 5.92 Å². The molecule has 1 N–H and O–H groups in total. The fourth-order valence-electron chi connectivity index (χ4n) is 4.98. The van der Waals surface area contributed by atoms with Crippen LogP contribution in [0, 0.1) is 5.92 Å². The van der Waals surface area contributed by atoms with Crippen molar-refractivity contribution < 1.29 is 28.9 Å². The van der Waals surface area contributed by atoms with Gasteiger partial charge in [0.25, 0.3) is 0 Å². The van der Waals surface area contributed by atoms with E-state index in [9.17, 15) is 9.59 Å². The van der Waals surface area contributed by atoms with E-state index >= 15 is 0 Å². The molecule has 0 aromatic heterocycles. The van der Waals surface area contributed by atoms with E-state index in [0.717, 1.165) is 55.6 Å². The van der Waals surface area contributed by atoms with Crippen molar-refractivity contribution >= 4 is 17.7 Å². The third kappa shape index (κ3) is 6.22. The maximum absolute atomic E-state index is 12.5. The highest BCUT2D eigenvalue weighted by atomic mass is 16.5. The van der Waals surface area contributed by atoms with Crippen molar-refractivity contribution in [1.29, 1.82) is 0 Å². The van der Waals surface area contributed by atoms with E-state index in [2.05, 4.69) is 29.2 Å². The van der Waals surface area contributed by atoms with Gasteiger partial charge < -0.3 is 19.3 Å². The van der Waals surface area contributed by atoms with Crippen LogP contribution in [0.3, 0.4) is 0 Å². The predicted octanol–water partition coefficient (Wildman–Crippen LogP) is 4.68. The van der Waals surface area contributed by atoms with Gasteiger partial charge in [-0.1, -0.05) is 30.3 Å². The summed E-state index contributed by atoms with van der Waals surface area (Å²) < 4.78 is 16.7. The van der Waals surface area contributed by atoms with Crippen LogP contribution in [0.25, 0.3) is 5.76 Å². The van der Waals surface area contributed by atoms with E-state index in [1.165, 1.54) is 5.56 Å². The number of likely N-dealkylation sites (tertiary alicyclic amines) is 1. The molecule has 186 valence electrons. The molecule has 7 heteroatoms. The number of ether oxygens (including phenoxy) is 3. The van der Waals surface area contributed by atoms with Gasteiger partial charge in [0, 0.05) is 12.1 Å². The highest BCUT2D eigenvalue weighted by molar-refractivity contribution is 5.85. The van der Waals surface area contributed by atoms with Gasteiger partial charge in [0.1, 0.15) is 5.76 Å². The van der Waals surface area contributed by atoms with E-state index in [1.807, 2.05) is 18.2 Å². The third-order valence-electron chi connectivity index (χ3n) is 6.83. The zero-order chi connectivity index (χ0) is 24.8. The number of piperidine rings is 1. The number of esters is 1. The second-order valence-electron chi connectivity index (χ2n) is 9.25. The van der Waals surface area contributed by atoms with Crippen molar-refractivity contribution in [3.05, 3.63) is 64.7 Å². The normalized spacial score (nSPS) is 16.2. The quantitative estimate of drug-likeness (QED) is 0.495. The van der Waals surface area contributed by atoms with Gasteiger partial charge in [0.2, 0.25) is 0 Å². The SMILES string of the molecule is COc1cc2c(cc1OC)C(OC(=O)CCC(=O)O)=C(CC1CCN(Cc3ccccc3)CC1)C2. The second kappa shape index (κ2) is 11.4. The van der Waals surface area contributed by atoms with Crippen LogP contribution in [0.5, 0.6) is 11.5 Å². The molecule has 0 unspecified atom stereocenters. The molecule has 1 saturated heterocycles. The zero-order valence-electron chi connectivity index (χ0n) is 20.4.